The molecule has 0 spiro atoms. The molecule has 0 N–H and O–H groups in total. The van der Waals surface area contributed by atoms with Crippen LogP contribution in [0.25, 0.3) is 16.3 Å². The first-order valence-electron chi connectivity index (χ1n) is 7.57. The molecule has 1 aliphatic carbocycles. The summed E-state index contributed by atoms with van der Waals surface area (Å²) in [4.78, 5) is 2.47. The van der Waals surface area contributed by atoms with Crippen LogP contribution < -0.4 is 0 Å². The van der Waals surface area contributed by atoms with E-state index in [1.54, 1.807) is 18.2 Å². The molecule has 0 saturated heterocycles. The molecule has 2 aromatic rings. The van der Waals surface area contributed by atoms with Gasteiger partial charge in [-0.25, -0.2) is 16.8 Å². The van der Waals surface area contributed by atoms with Gasteiger partial charge in [0.25, 0.3) is 19.7 Å². The summed E-state index contributed by atoms with van der Waals surface area (Å²) in [7, 11) is -8.62. The highest BCUT2D eigenvalue weighted by molar-refractivity contribution is 8.31. The number of benzene rings is 2. The van der Waals surface area contributed by atoms with Gasteiger partial charge < -0.3 is 5.53 Å². The van der Waals surface area contributed by atoms with Crippen molar-refractivity contribution >= 4 is 34.8 Å². The Morgan fingerprint density at radius 2 is 1.58 bits per heavy atom. The first-order chi connectivity index (χ1) is 11.4. The number of rotatable bonds is 2. The molecule has 1 fully saturated rings. The molecule has 2 aromatic carbocycles. The summed E-state index contributed by atoms with van der Waals surface area (Å²) in [6.07, 6.45) is 2.21. The van der Waals surface area contributed by atoms with Crippen LogP contribution in [0, 0.1) is 0 Å². The van der Waals surface area contributed by atoms with Crippen molar-refractivity contribution in [1.29, 1.82) is 0 Å². The van der Waals surface area contributed by atoms with Crippen molar-refractivity contribution in [3.63, 3.8) is 0 Å². The highest BCUT2D eigenvalue weighted by atomic mass is 32.3. The van der Waals surface area contributed by atoms with Crippen LogP contribution >= 0.6 is 0 Å². The minimum atomic E-state index is -4.43. The van der Waals surface area contributed by atoms with E-state index < -0.39 is 29.3 Å². The molecule has 0 aromatic heterocycles. The first kappa shape index (κ1) is 16.8. The summed E-state index contributed by atoms with van der Waals surface area (Å²) in [6.45, 7) is 0. The predicted octanol–water partition coefficient (Wildman–Crippen LogP) is 2.56. The van der Waals surface area contributed by atoms with Crippen molar-refractivity contribution in [1.82, 2.24) is 0 Å². The van der Waals surface area contributed by atoms with E-state index in [2.05, 4.69) is 4.79 Å². The second kappa shape index (κ2) is 6.12. The molecule has 1 aliphatic rings. The topological polar surface area (TPSA) is 105 Å². The van der Waals surface area contributed by atoms with E-state index in [9.17, 15) is 16.8 Å². The molecule has 0 unspecified atom stereocenters. The predicted molar refractivity (Wildman–Crippen MR) is 90.9 cm³/mol. The van der Waals surface area contributed by atoms with Crippen molar-refractivity contribution in [2.45, 2.75) is 35.8 Å². The number of hydrogen-bond acceptors (Lipinski definition) is 4. The van der Waals surface area contributed by atoms with Crippen LogP contribution in [0.4, 0.5) is 0 Å². The molecule has 1 saturated carbocycles. The molecule has 0 bridgehead atoms. The van der Waals surface area contributed by atoms with Gasteiger partial charge in [0, 0.05) is 0 Å². The maximum atomic E-state index is 12.7. The Balaban J connectivity index is 2.11. The van der Waals surface area contributed by atoms with E-state index in [-0.39, 0.29) is 4.90 Å². The van der Waals surface area contributed by atoms with Gasteiger partial charge >= 0.3 is 4.38 Å². The monoisotopic (exact) mass is 364 g/mol. The second-order valence-corrected chi connectivity index (χ2v) is 10.1. The van der Waals surface area contributed by atoms with Crippen molar-refractivity contribution in [2.75, 3.05) is 0 Å². The molecular weight excluding hydrogens is 348 g/mol. The third-order valence-electron chi connectivity index (χ3n) is 4.33. The fraction of sp³-hybridized carbons (Fsp3) is 0.312. The summed E-state index contributed by atoms with van der Waals surface area (Å²) in [5.74, 6) is 0. The number of fused-ring (bicyclic) bond motifs is 1. The van der Waals surface area contributed by atoms with Crippen LogP contribution in [-0.2, 0) is 19.7 Å². The Hall–Kier alpha value is -2.02. The lowest BCUT2D eigenvalue weighted by atomic mass is 10.1. The van der Waals surface area contributed by atoms with Crippen molar-refractivity contribution < 1.29 is 21.6 Å². The normalized spacial score (nSPS) is 16.2. The van der Waals surface area contributed by atoms with Crippen LogP contribution in [0.5, 0.6) is 0 Å². The van der Waals surface area contributed by atoms with E-state index in [1.165, 1.54) is 12.1 Å². The molecule has 0 atom stereocenters. The van der Waals surface area contributed by atoms with Gasteiger partial charge in [-0.15, -0.1) is 4.79 Å². The standard InChI is InChI=1S/C16H16N2O4S2/c17-18-16(23(19,20)14-7-3-4-8-14)24(21,22)15-10-9-12-5-1-2-6-13(12)11-15/h1-2,5-6,9-11,14H,3-4,7-8H2. The lowest BCUT2D eigenvalue weighted by Crippen LogP contribution is -2.33. The van der Waals surface area contributed by atoms with Crippen LogP contribution in [0.15, 0.2) is 47.4 Å². The van der Waals surface area contributed by atoms with E-state index in [0.29, 0.717) is 18.2 Å². The van der Waals surface area contributed by atoms with Gasteiger partial charge in [-0.1, -0.05) is 43.2 Å². The summed E-state index contributed by atoms with van der Waals surface area (Å²) in [5, 5.41) is 0.686. The van der Waals surface area contributed by atoms with Gasteiger partial charge in [0.15, 0.2) is 0 Å². The number of hydrogen-bond donors (Lipinski definition) is 0. The van der Waals surface area contributed by atoms with E-state index >= 15 is 0 Å². The zero-order valence-electron chi connectivity index (χ0n) is 12.8. The fourth-order valence-electron chi connectivity index (χ4n) is 3.04. The molecule has 0 aliphatic heterocycles. The van der Waals surface area contributed by atoms with Crippen molar-refractivity contribution in [2.24, 2.45) is 0 Å². The van der Waals surface area contributed by atoms with Gasteiger partial charge in [0.2, 0.25) is 0 Å². The maximum Gasteiger partial charge on any atom is 0.499 e. The van der Waals surface area contributed by atoms with Crippen LogP contribution in [0.3, 0.4) is 0 Å². The van der Waals surface area contributed by atoms with Crippen molar-refractivity contribution in [3.8, 4) is 0 Å². The van der Waals surface area contributed by atoms with Gasteiger partial charge in [-0.2, -0.15) is 0 Å². The van der Waals surface area contributed by atoms with Gasteiger partial charge in [0.05, 0.1) is 10.1 Å². The third-order valence-corrected chi connectivity index (χ3v) is 9.02. The molecule has 24 heavy (non-hydrogen) atoms. The highest BCUT2D eigenvalue weighted by Crippen LogP contribution is 2.29. The van der Waals surface area contributed by atoms with E-state index in [1.807, 2.05) is 12.1 Å². The molecule has 3 rings (SSSR count). The van der Waals surface area contributed by atoms with E-state index in [4.69, 9.17) is 5.53 Å². The Kier molecular flexibility index (Phi) is 4.29. The second-order valence-electron chi connectivity index (χ2n) is 5.83. The Morgan fingerprint density at radius 3 is 2.21 bits per heavy atom. The Bertz CT molecular complexity index is 1050. The molecular formula is C16H16N2O4S2. The minimum absolute atomic E-state index is 0.199. The highest BCUT2D eigenvalue weighted by Gasteiger charge is 2.47. The van der Waals surface area contributed by atoms with Crippen molar-refractivity contribution in [3.05, 3.63) is 48.0 Å². The number of sulfone groups is 2. The van der Waals surface area contributed by atoms with Crippen LogP contribution in [-0.4, -0.2) is 31.3 Å². The van der Waals surface area contributed by atoms with Crippen LogP contribution in [0.2, 0.25) is 0 Å². The van der Waals surface area contributed by atoms with Gasteiger partial charge in [0.1, 0.15) is 0 Å². The minimum Gasteiger partial charge on any atom is -0.359 e. The molecule has 0 heterocycles. The first-order valence-corrected chi connectivity index (χ1v) is 10.6. The van der Waals surface area contributed by atoms with Gasteiger partial charge in [-0.05, 0) is 35.7 Å². The Labute approximate surface area is 140 Å². The maximum absolute atomic E-state index is 12.7. The lowest BCUT2D eigenvalue weighted by Gasteiger charge is -2.08. The summed E-state index contributed by atoms with van der Waals surface area (Å²) in [5.41, 5.74) is 9.16. The molecule has 8 heteroatoms. The summed E-state index contributed by atoms with van der Waals surface area (Å²) < 4.78 is 49.5. The lowest BCUT2D eigenvalue weighted by molar-refractivity contribution is 0.00373. The zero-order valence-corrected chi connectivity index (χ0v) is 14.4. The molecule has 6 nitrogen and oxygen atoms in total. The Morgan fingerprint density at radius 1 is 0.958 bits per heavy atom. The SMILES string of the molecule is [N-]=[N+]=C(S(=O)(=O)c1ccc2ccccc2c1)S(=O)(=O)C1CCCC1. The number of nitrogens with zero attached hydrogens (tertiary/aromatic N) is 2. The average Bonchev–Trinajstić information content (AvgIpc) is 3.10. The summed E-state index contributed by atoms with van der Waals surface area (Å²) in [6, 6.07) is 11.4. The average molecular weight is 364 g/mol. The zero-order chi connectivity index (χ0) is 17.4. The van der Waals surface area contributed by atoms with E-state index in [0.717, 1.165) is 18.2 Å². The molecule has 126 valence electrons. The molecule has 0 radical (unpaired) electrons. The quantitative estimate of drug-likeness (QED) is 0.353. The fourth-order valence-corrected chi connectivity index (χ4v) is 7.15. The molecule has 0 amide bonds. The van der Waals surface area contributed by atoms with Gasteiger partial charge in [-0.3, -0.25) is 0 Å². The largest absolute Gasteiger partial charge is 0.499 e. The summed E-state index contributed by atoms with van der Waals surface area (Å²) >= 11 is 0. The third kappa shape index (κ3) is 2.77. The van der Waals surface area contributed by atoms with Crippen LogP contribution in [0.1, 0.15) is 25.7 Å². The smallest absolute Gasteiger partial charge is 0.359 e.